The van der Waals surface area contributed by atoms with Crippen LogP contribution in [0.15, 0.2) is 12.4 Å². The second-order valence-electron chi connectivity index (χ2n) is 3.22. The molecule has 0 saturated carbocycles. The fourth-order valence-electron chi connectivity index (χ4n) is 1.35. The molecule has 2 unspecified atom stereocenters. The standard InChI is InChI=1S/C8H13N3O2/c1-11-3-2-9-8(11)10-6-4-13-5-7(6)12/h2-3,6-7,12H,4-5H2,1H3,(H,9,10). The fraction of sp³-hybridized carbons (Fsp3) is 0.625. The van der Waals surface area contributed by atoms with E-state index >= 15 is 0 Å². The number of anilines is 1. The van der Waals surface area contributed by atoms with Gasteiger partial charge in [-0.05, 0) is 0 Å². The minimum absolute atomic E-state index is 0.0406. The van der Waals surface area contributed by atoms with E-state index in [4.69, 9.17) is 4.74 Å². The van der Waals surface area contributed by atoms with Crippen molar-refractivity contribution in [3.05, 3.63) is 12.4 Å². The molecule has 1 fully saturated rings. The lowest BCUT2D eigenvalue weighted by Gasteiger charge is -2.14. The number of nitrogens with zero attached hydrogens (tertiary/aromatic N) is 2. The number of hydrogen-bond donors (Lipinski definition) is 2. The molecule has 0 aromatic carbocycles. The zero-order valence-electron chi connectivity index (χ0n) is 7.47. The largest absolute Gasteiger partial charge is 0.388 e. The zero-order chi connectivity index (χ0) is 9.26. The first-order valence-electron chi connectivity index (χ1n) is 4.27. The smallest absolute Gasteiger partial charge is 0.202 e. The first-order valence-corrected chi connectivity index (χ1v) is 4.27. The first kappa shape index (κ1) is 8.52. The van der Waals surface area contributed by atoms with E-state index in [0.717, 1.165) is 5.95 Å². The number of rotatable bonds is 2. The molecule has 5 heteroatoms. The van der Waals surface area contributed by atoms with Crippen molar-refractivity contribution in [3.8, 4) is 0 Å². The highest BCUT2D eigenvalue weighted by Gasteiger charge is 2.26. The van der Waals surface area contributed by atoms with Crippen molar-refractivity contribution >= 4 is 5.95 Å². The number of aryl methyl sites for hydroxylation is 1. The summed E-state index contributed by atoms with van der Waals surface area (Å²) in [5.74, 6) is 0.759. The summed E-state index contributed by atoms with van der Waals surface area (Å²) in [6, 6.07) is -0.0406. The van der Waals surface area contributed by atoms with Crippen molar-refractivity contribution in [1.82, 2.24) is 9.55 Å². The molecule has 0 radical (unpaired) electrons. The SMILES string of the molecule is Cn1ccnc1NC1COCC1O. The predicted octanol–water partition coefficient (Wildman–Crippen LogP) is -0.408. The summed E-state index contributed by atoms with van der Waals surface area (Å²) in [5.41, 5.74) is 0. The van der Waals surface area contributed by atoms with Crippen LogP contribution in [0, 0.1) is 0 Å². The van der Waals surface area contributed by atoms with Crippen molar-refractivity contribution in [2.75, 3.05) is 18.5 Å². The minimum atomic E-state index is -0.434. The van der Waals surface area contributed by atoms with Gasteiger partial charge in [-0.15, -0.1) is 0 Å². The van der Waals surface area contributed by atoms with E-state index in [-0.39, 0.29) is 6.04 Å². The van der Waals surface area contributed by atoms with Gasteiger partial charge in [-0.2, -0.15) is 0 Å². The third kappa shape index (κ3) is 1.66. The van der Waals surface area contributed by atoms with Crippen LogP contribution in [0.2, 0.25) is 0 Å². The third-order valence-corrected chi connectivity index (χ3v) is 2.19. The highest BCUT2D eigenvalue weighted by Crippen LogP contribution is 2.11. The Morgan fingerprint density at radius 2 is 2.54 bits per heavy atom. The topological polar surface area (TPSA) is 59.3 Å². The number of imidazole rings is 1. The summed E-state index contributed by atoms with van der Waals surface area (Å²) in [5, 5.41) is 12.6. The highest BCUT2D eigenvalue weighted by molar-refractivity contribution is 5.28. The Bertz CT molecular complexity index is 287. The first-order chi connectivity index (χ1) is 6.27. The van der Waals surface area contributed by atoms with Gasteiger partial charge in [0.2, 0.25) is 5.95 Å². The van der Waals surface area contributed by atoms with Gasteiger partial charge in [0.25, 0.3) is 0 Å². The Kier molecular flexibility index (Phi) is 2.20. The van der Waals surface area contributed by atoms with Crippen LogP contribution in [0.5, 0.6) is 0 Å². The molecule has 1 aromatic rings. The van der Waals surface area contributed by atoms with Crippen molar-refractivity contribution < 1.29 is 9.84 Å². The lowest BCUT2D eigenvalue weighted by atomic mass is 10.2. The van der Waals surface area contributed by atoms with Gasteiger partial charge in [0.15, 0.2) is 0 Å². The molecule has 2 rings (SSSR count). The normalized spacial score (nSPS) is 27.8. The van der Waals surface area contributed by atoms with Crippen molar-refractivity contribution in [3.63, 3.8) is 0 Å². The number of hydrogen-bond acceptors (Lipinski definition) is 4. The summed E-state index contributed by atoms with van der Waals surface area (Å²) in [4.78, 5) is 4.10. The zero-order valence-corrected chi connectivity index (χ0v) is 7.47. The van der Waals surface area contributed by atoms with Crippen LogP contribution >= 0.6 is 0 Å². The van der Waals surface area contributed by atoms with E-state index in [1.54, 1.807) is 6.20 Å². The molecule has 72 valence electrons. The Hall–Kier alpha value is -1.07. The predicted molar refractivity (Wildman–Crippen MR) is 47.4 cm³/mol. The minimum Gasteiger partial charge on any atom is -0.388 e. The Morgan fingerprint density at radius 3 is 3.08 bits per heavy atom. The van der Waals surface area contributed by atoms with Crippen LogP contribution in [0.3, 0.4) is 0 Å². The third-order valence-electron chi connectivity index (χ3n) is 2.19. The molecular weight excluding hydrogens is 170 g/mol. The average Bonchev–Trinajstić information content (AvgIpc) is 2.65. The molecule has 1 aliphatic heterocycles. The van der Waals surface area contributed by atoms with Crippen LogP contribution in [0.1, 0.15) is 0 Å². The van der Waals surface area contributed by atoms with Gasteiger partial charge in [0, 0.05) is 19.4 Å². The molecule has 2 N–H and O–H groups in total. The summed E-state index contributed by atoms with van der Waals surface area (Å²) >= 11 is 0. The van der Waals surface area contributed by atoms with Crippen LogP contribution < -0.4 is 5.32 Å². The van der Waals surface area contributed by atoms with Gasteiger partial charge in [0.1, 0.15) is 0 Å². The molecule has 0 amide bonds. The summed E-state index contributed by atoms with van der Waals surface area (Å²) in [6.45, 7) is 0.941. The van der Waals surface area contributed by atoms with E-state index < -0.39 is 6.10 Å². The molecule has 2 heterocycles. The lowest BCUT2D eigenvalue weighted by Crippen LogP contribution is -2.32. The molecule has 1 aromatic heterocycles. The van der Waals surface area contributed by atoms with E-state index in [9.17, 15) is 5.11 Å². The van der Waals surface area contributed by atoms with E-state index in [2.05, 4.69) is 10.3 Å². The molecule has 0 spiro atoms. The van der Waals surface area contributed by atoms with Gasteiger partial charge >= 0.3 is 0 Å². The fourth-order valence-corrected chi connectivity index (χ4v) is 1.35. The number of aromatic nitrogens is 2. The van der Waals surface area contributed by atoms with Gasteiger partial charge in [-0.1, -0.05) is 0 Å². The second kappa shape index (κ2) is 3.35. The van der Waals surface area contributed by atoms with Crippen LogP contribution in [-0.2, 0) is 11.8 Å². The van der Waals surface area contributed by atoms with Crippen LogP contribution in [-0.4, -0.2) is 40.0 Å². The van der Waals surface area contributed by atoms with Crippen molar-refractivity contribution in [1.29, 1.82) is 0 Å². The summed E-state index contributed by atoms with van der Waals surface area (Å²) < 4.78 is 6.97. The average molecular weight is 183 g/mol. The monoisotopic (exact) mass is 183 g/mol. The van der Waals surface area contributed by atoms with Crippen LogP contribution in [0.4, 0.5) is 5.95 Å². The van der Waals surface area contributed by atoms with E-state index in [0.29, 0.717) is 13.2 Å². The van der Waals surface area contributed by atoms with Crippen molar-refractivity contribution in [2.45, 2.75) is 12.1 Å². The molecule has 0 bridgehead atoms. The van der Waals surface area contributed by atoms with Crippen molar-refractivity contribution in [2.24, 2.45) is 7.05 Å². The molecule has 2 atom stereocenters. The maximum absolute atomic E-state index is 9.45. The molecule has 13 heavy (non-hydrogen) atoms. The second-order valence-corrected chi connectivity index (χ2v) is 3.22. The molecule has 0 aliphatic carbocycles. The Morgan fingerprint density at radius 1 is 1.69 bits per heavy atom. The molecule has 1 saturated heterocycles. The van der Waals surface area contributed by atoms with Gasteiger partial charge < -0.3 is 19.7 Å². The molecular formula is C8H13N3O2. The number of aliphatic hydroxyl groups is 1. The van der Waals surface area contributed by atoms with Gasteiger partial charge in [0.05, 0.1) is 25.4 Å². The summed E-state index contributed by atoms with van der Waals surface area (Å²) in [7, 11) is 1.90. The number of ether oxygens (including phenoxy) is 1. The Labute approximate surface area is 76.3 Å². The molecule has 1 aliphatic rings. The van der Waals surface area contributed by atoms with E-state index in [1.807, 2.05) is 17.8 Å². The Balaban J connectivity index is 2.01. The quantitative estimate of drug-likeness (QED) is 0.654. The lowest BCUT2D eigenvalue weighted by molar-refractivity contribution is 0.125. The maximum atomic E-state index is 9.45. The van der Waals surface area contributed by atoms with Crippen LogP contribution in [0.25, 0.3) is 0 Å². The maximum Gasteiger partial charge on any atom is 0.202 e. The number of aliphatic hydroxyl groups excluding tert-OH is 1. The van der Waals surface area contributed by atoms with E-state index in [1.165, 1.54) is 0 Å². The number of nitrogens with one attached hydrogen (secondary N) is 1. The summed E-state index contributed by atoms with van der Waals surface area (Å²) in [6.07, 6.45) is 3.13. The van der Waals surface area contributed by atoms with Gasteiger partial charge in [-0.3, -0.25) is 0 Å². The highest BCUT2D eigenvalue weighted by atomic mass is 16.5. The van der Waals surface area contributed by atoms with Gasteiger partial charge in [-0.25, -0.2) is 4.98 Å². The molecule has 5 nitrogen and oxygen atoms in total.